The van der Waals surface area contributed by atoms with Crippen molar-refractivity contribution in [1.82, 2.24) is 0 Å². The first kappa shape index (κ1) is 18.3. The molecule has 2 rings (SSSR count). The second kappa shape index (κ2) is 8.17. The normalized spacial score (nSPS) is 10.3. The molecule has 0 atom stereocenters. The summed E-state index contributed by atoms with van der Waals surface area (Å²) >= 11 is 7.14. The Balaban J connectivity index is 2.04. The van der Waals surface area contributed by atoms with Gasteiger partial charge in [0.05, 0.1) is 12.2 Å². The molecule has 2 aromatic rings. The van der Waals surface area contributed by atoms with Gasteiger partial charge in [0, 0.05) is 9.90 Å². The largest absolute Gasteiger partial charge is 0.484 e. The Labute approximate surface area is 149 Å². The van der Waals surface area contributed by atoms with Crippen LogP contribution in [0.3, 0.4) is 0 Å². The maximum Gasteiger partial charge on any atom is 0.341 e. The number of ether oxygens (including phenoxy) is 2. The van der Waals surface area contributed by atoms with Crippen molar-refractivity contribution in [2.45, 2.75) is 20.8 Å². The number of aryl methyl sites for hydroxylation is 1. The van der Waals surface area contributed by atoms with Crippen LogP contribution < -0.4 is 10.1 Å². The van der Waals surface area contributed by atoms with Gasteiger partial charge in [-0.05, 0) is 50.6 Å². The molecule has 1 aromatic carbocycles. The Morgan fingerprint density at radius 1 is 1.21 bits per heavy atom. The number of hydrogen-bond donors (Lipinski definition) is 1. The average Bonchev–Trinajstić information content (AvgIpc) is 2.81. The molecule has 5 nitrogen and oxygen atoms in total. The van der Waals surface area contributed by atoms with Gasteiger partial charge < -0.3 is 14.8 Å². The summed E-state index contributed by atoms with van der Waals surface area (Å²) in [5.41, 5.74) is 1.21. The number of carbonyl (C=O) groups excluding carboxylic acids is 2. The molecule has 0 radical (unpaired) electrons. The smallest absolute Gasteiger partial charge is 0.341 e. The van der Waals surface area contributed by atoms with Crippen molar-refractivity contribution in [3.63, 3.8) is 0 Å². The average molecular weight is 368 g/mol. The zero-order chi connectivity index (χ0) is 17.7. The van der Waals surface area contributed by atoms with Crippen molar-refractivity contribution in [2.24, 2.45) is 0 Å². The van der Waals surface area contributed by atoms with Gasteiger partial charge in [0.2, 0.25) is 0 Å². The summed E-state index contributed by atoms with van der Waals surface area (Å²) in [6, 6.07) is 6.72. The van der Waals surface area contributed by atoms with Gasteiger partial charge in [-0.25, -0.2) is 4.79 Å². The van der Waals surface area contributed by atoms with Crippen LogP contribution in [0.5, 0.6) is 5.75 Å². The Morgan fingerprint density at radius 3 is 2.50 bits per heavy atom. The van der Waals surface area contributed by atoms with Crippen LogP contribution in [0.4, 0.5) is 5.00 Å². The van der Waals surface area contributed by atoms with Crippen LogP contribution in [0.1, 0.15) is 27.7 Å². The van der Waals surface area contributed by atoms with Crippen LogP contribution in [-0.2, 0) is 9.53 Å². The Kier molecular flexibility index (Phi) is 6.23. The summed E-state index contributed by atoms with van der Waals surface area (Å²) in [5, 5.41) is 3.79. The maximum atomic E-state index is 12.1. The van der Waals surface area contributed by atoms with E-state index in [1.807, 2.05) is 13.8 Å². The first-order valence-electron chi connectivity index (χ1n) is 7.37. The highest BCUT2D eigenvalue weighted by molar-refractivity contribution is 7.16. The number of thiophene rings is 1. The number of benzene rings is 1. The molecule has 0 unspecified atom stereocenters. The topological polar surface area (TPSA) is 64.6 Å². The van der Waals surface area contributed by atoms with Crippen molar-refractivity contribution < 1.29 is 19.1 Å². The molecule has 0 bridgehead atoms. The predicted molar refractivity (Wildman–Crippen MR) is 95.3 cm³/mol. The van der Waals surface area contributed by atoms with Crippen LogP contribution in [0.25, 0.3) is 0 Å². The third-order valence-electron chi connectivity index (χ3n) is 3.30. The lowest BCUT2D eigenvalue weighted by Gasteiger charge is -2.08. The van der Waals surface area contributed by atoms with Gasteiger partial charge in [0.15, 0.2) is 6.61 Å². The van der Waals surface area contributed by atoms with Crippen LogP contribution in [0, 0.1) is 13.8 Å². The van der Waals surface area contributed by atoms with Gasteiger partial charge in [-0.1, -0.05) is 11.6 Å². The summed E-state index contributed by atoms with van der Waals surface area (Å²) in [6.45, 7) is 5.57. The van der Waals surface area contributed by atoms with Gasteiger partial charge in [0.1, 0.15) is 10.8 Å². The van der Waals surface area contributed by atoms with Gasteiger partial charge in [0.25, 0.3) is 5.91 Å². The monoisotopic (exact) mass is 367 g/mol. The zero-order valence-electron chi connectivity index (χ0n) is 13.6. The molecule has 0 saturated carbocycles. The SMILES string of the molecule is CCOC(=O)c1c(NC(=O)COc2ccc(Cl)cc2)sc(C)c1C. The Morgan fingerprint density at radius 2 is 1.88 bits per heavy atom. The predicted octanol–water partition coefficient (Wildman–Crippen LogP) is 4.21. The Hall–Kier alpha value is -2.05. The van der Waals surface area contributed by atoms with Crippen molar-refractivity contribution >= 4 is 39.8 Å². The number of anilines is 1. The van der Waals surface area contributed by atoms with E-state index in [0.717, 1.165) is 10.4 Å². The van der Waals surface area contributed by atoms with Crippen LogP contribution in [0.2, 0.25) is 5.02 Å². The van der Waals surface area contributed by atoms with Crippen LogP contribution in [-0.4, -0.2) is 25.1 Å². The number of carbonyl (C=O) groups is 2. The van der Waals surface area contributed by atoms with Gasteiger partial charge in [-0.15, -0.1) is 11.3 Å². The highest BCUT2D eigenvalue weighted by atomic mass is 35.5. The molecule has 128 valence electrons. The molecule has 0 spiro atoms. The minimum Gasteiger partial charge on any atom is -0.484 e. The lowest BCUT2D eigenvalue weighted by Crippen LogP contribution is -2.21. The molecule has 0 aliphatic heterocycles. The quantitative estimate of drug-likeness (QED) is 0.776. The molecule has 24 heavy (non-hydrogen) atoms. The number of hydrogen-bond acceptors (Lipinski definition) is 5. The summed E-state index contributed by atoms with van der Waals surface area (Å²) in [4.78, 5) is 25.1. The van der Waals surface area contributed by atoms with Crippen molar-refractivity contribution in [1.29, 1.82) is 0 Å². The molecule has 0 aliphatic carbocycles. The van der Waals surface area contributed by atoms with Crippen molar-refractivity contribution in [3.05, 3.63) is 45.3 Å². The third-order valence-corrected chi connectivity index (χ3v) is 4.68. The second-order valence-corrected chi connectivity index (χ2v) is 6.66. The Bertz CT molecular complexity index is 740. The van der Waals surface area contributed by atoms with Crippen LogP contribution in [0.15, 0.2) is 24.3 Å². The van der Waals surface area contributed by atoms with Crippen molar-refractivity contribution in [3.8, 4) is 5.75 Å². The number of nitrogens with one attached hydrogen (secondary N) is 1. The van der Waals surface area contributed by atoms with E-state index in [0.29, 0.717) is 21.3 Å². The first-order valence-corrected chi connectivity index (χ1v) is 8.57. The molecular weight excluding hydrogens is 350 g/mol. The molecular formula is C17H18ClNO4S. The number of halogens is 1. The third kappa shape index (κ3) is 4.49. The van der Waals surface area contributed by atoms with Crippen LogP contribution >= 0.6 is 22.9 Å². The lowest BCUT2D eigenvalue weighted by atomic mass is 10.1. The molecule has 0 fully saturated rings. The molecule has 1 heterocycles. The standard InChI is InChI=1S/C17H18ClNO4S/c1-4-22-17(21)15-10(2)11(3)24-16(15)19-14(20)9-23-13-7-5-12(18)6-8-13/h5-8H,4,9H2,1-3H3,(H,19,20). The van der Waals surface area contributed by atoms with Gasteiger partial charge in [-0.3, -0.25) is 4.79 Å². The highest BCUT2D eigenvalue weighted by Gasteiger charge is 2.22. The van der Waals surface area contributed by atoms with E-state index in [-0.39, 0.29) is 19.1 Å². The minimum atomic E-state index is -0.437. The van der Waals surface area contributed by atoms with E-state index in [2.05, 4.69) is 5.32 Å². The van der Waals surface area contributed by atoms with E-state index in [4.69, 9.17) is 21.1 Å². The molecule has 0 saturated heterocycles. The fraction of sp³-hybridized carbons (Fsp3) is 0.294. The first-order chi connectivity index (χ1) is 11.4. The molecule has 0 aliphatic rings. The molecule has 7 heteroatoms. The second-order valence-electron chi connectivity index (χ2n) is 5.00. The number of rotatable bonds is 6. The molecule has 1 aromatic heterocycles. The van der Waals surface area contributed by atoms with E-state index >= 15 is 0 Å². The number of esters is 1. The summed E-state index contributed by atoms with van der Waals surface area (Å²) in [7, 11) is 0. The fourth-order valence-corrected chi connectivity index (χ4v) is 3.20. The summed E-state index contributed by atoms with van der Waals surface area (Å²) in [6.07, 6.45) is 0. The van der Waals surface area contributed by atoms with Crippen molar-refractivity contribution in [2.75, 3.05) is 18.5 Å². The van der Waals surface area contributed by atoms with E-state index < -0.39 is 5.97 Å². The van der Waals surface area contributed by atoms with Gasteiger partial charge in [-0.2, -0.15) is 0 Å². The van der Waals surface area contributed by atoms with E-state index in [1.54, 1.807) is 31.2 Å². The zero-order valence-corrected chi connectivity index (χ0v) is 15.2. The molecule has 1 amide bonds. The van der Waals surface area contributed by atoms with E-state index in [1.165, 1.54) is 11.3 Å². The highest BCUT2D eigenvalue weighted by Crippen LogP contribution is 2.33. The molecule has 1 N–H and O–H groups in total. The van der Waals surface area contributed by atoms with Gasteiger partial charge >= 0.3 is 5.97 Å². The summed E-state index contributed by atoms with van der Waals surface area (Å²) in [5.74, 6) is -0.247. The van der Waals surface area contributed by atoms with E-state index in [9.17, 15) is 9.59 Å². The maximum absolute atomic E-state index is 12.1. The minimum absolute atomic E-state index is 0.167. The number of amides is 1. The fourth-order valence-electron chi connectivity index (χ4n) is 2.01. The lowest BCUT2D eigenvalue weighted by molar-refractivity contribution is -0.118. The summed E-state index contributed by atoms with van der Waals surface area (Å²) < 4.78 is 10.5.